The van der Waals surface area contributed by atoms with Crippen molar-refractivity contribution in [2.45, 2.75) is 51.0 Å². The van der Waals surface area contributed by atoms with Gasteiger partial charge in [0, 0.05) is 0 Å². The highest BCUT2D eigenvalue weighted by atomic mass is 32.2. The van der Waals surface area contributed by atoms with Crippen LogP contribution in [0.4, 0.5) is 5.69 Å². The Bertz CT molecular complexity index is 1380. The van der Waals surface area contributed by atoms with Gasteiger partial charge in [-0.15, -0.1) is 0 Å². The summed E-state index contributed by atoms with van der Waals surface area (Å²) in [7, 11) is -3.90. The second kappa shape index (κ2) is 10.5. The van der Waals surface area contributed by atoms with Crippen LogP contribution in [0.2, 0.25) is 0 Å². The number of hydrogen-bond donors (Lipinski definition) is 1. The lowest BCUT2D eigenvalue weighted by molar-refractivity contribution is -0.127. The molecule has 0 aliphatic carbocycles. The molecule has 196 valence electrons. The summed E-state index contributed by atoms with van der Waals surface area (Å²) < 4.78 is 40.3. The first-order valence-corrected chi connectivity index (χ1v) is 13.8. The monoisotopic (exact) mass is 522 g/mol. The van der Waals surface area contributed by atoms with E-state index in [1.807, 2.05) is 44.2 Å². The van der Waals surface area contributed by atoms with E-state index in [0.717, 1.165) is 22.4 Å². The van der Waals surface area contributed by atoms with Crippen LogP contribution in [0.15, 0.2) is 71.6 Å². The van der Waals surface area contributed by atoms with E-state index >= 15 is 0 Å². The summed E-state index contributed by atoms with van der Waals surface area (Å²) in [5.41, 5.74) is 3.28. The summed E-state index contributed by atoms with van der Waals surface area (Å²) >= 11 is 0. The minimum atomic E-state index is -3.90. The van der Waals surface area contributed by atoms with Crippen LogP contribution in [0.5, 0.6) is 11.5 Å². The van der Waals surface area contributed by atoms with Crippen molar-refractivity contribution < 1.29 is 22.7 Å². The number of aryl methyl sites for hydroxylation is 2. The Morgan fingerprint density at radius 2 is 1.70 bits per heavy atom. The zero-order valence-electron chi connectivity index (χ0n) is 21.9. The normalized spacial score (nSPS) is 15.5. The largest absolute Gasteiger partial charge is 0.491 e. The number of carbonyl (C=O) groups is 1. The second-order valence-electron chi connectivity index (χ2n) is 10.3. The average Bonchev–Trinajstić information content (AvgIpc) is 2.85. The summed E-state index contributed by atoms with van der Waals surface area (Å²) in [6, 6.07) is 19.8. The van der Waals surface area contributed by atoms with E-state index in [1.54, 1.807) is 36.4 Å². The number of hydrogen-bond acceptors (Lipinski definition) is 5. The third-order valence-electron chi connectivity index (χ3n) is 6.24. The predicted octanol–water partition coefficient (Wildman–Crippen LogP) is 4.75. The maximum Gasteiger partial charge on any atom is 0.264 e. The first kappa shape index (κ1) is 26.5. The number of ether oxygens (including phenoxy) is 2. The zero-order chi connectivity index (χ0) is 26.8. The van der Waals surface area contributed by atoms with Crippen molar-refractivity contribution in [3.63, 3.8) is 0 Å². The van der Waals surface area contributed by atoms with Gasteiger partial charge in [-0.1, -0.05) is 62.7 Å². The molecular formula is C29H34N2O5S. The first-order valence-electron chi connectivity index (χ1n) is 12.3. The average molecular weight is 523 g/mol. The fourth-order valence-electron chi connectivity index (χ4n) is 4.22. The second-order valence-corrected chi connectivity index (χ2v) is 12.2. The minimum absolute atomic E-state index is 0.0757. The first-order chi connectivity index (χ1) is 17.5. The number of anilines is 1. The quantitative estimate of drug-likeness (QED) is 0.453. The van der Waals surface area contributed by atoms with Crippen molar-refractivity contribution in [1.29, 1.82) is 0 Å². The molecule has 0 radical (unpaired) electrons. The number of nitrogens with zero attached hydrogens (tertiary/aromatic N) is 1. The van der Waals surface area contributed by atoms with Gasteiger partial charge >= 0.3 is 0 Å². The Hall–Kier alpha value is -3.52. The Morgan fingerprint density at radius 1 is 1.03 bits per heavy atom. The van der Waals surface area contributed by atoms with E-state index in [9.17, 15) is 13.2 Å². The topological polar surface area (TPSA) is 84.9 Å². The molecule has 7 nitrogen and oxygen atoms in total. The Labute approximate surface area is 219 Å². The molecule has 0 bridgehead atoms. The molecule has 1 heterocycles. The Balaban J connectivity index is 1.48. The number of benzene rings is 3. The number of para-hydroxylation sites is 1. The molecule has 8 heteroatoms. The van der Waals surface area contributed by atoms with Gasteiger partial charge in [0.1, 0.15) is 18.1 Å². The van der Waals surface area contributed by atoms with Crippen LogP contribution in [-0.2, 0) is 20.2 Å². The molecule has 0 saturated carbocycles. The molecule has 1 aliphatic rings. The van der Waals surface area contributed by atoms with E-state index < -0.39 is 22.0 Å². The molecule has 1 aliphatic heterocycles. The summed E-state index contributed by atoms with van der Waals surface area (Å²) in [5.74, 6) is 0.736. The number of fused-ring (bicyclic) bond motifs is 1. The van der Waals surface area contributed by atoms with Gasteiger partial charge in [-0.25, -0.2) is 8.42 Å². The smallest absolute Gasteiger partial charge is 0.264 e. The Kier molecular flexibility index (Phi) is 7.50. The van der Waals surface area contributed by atoms with Crippen molar-refractivity contribution in [3.05, 3.63) is 83.4 Å². The molecule has 0 saturated heterocycles. The zero-order valence-corrected chi connectivity index (χ0v) is 22.8. The molecular weight excluding hydrogens is 488 g/mol. The number of sulfonamides is 1. The van der Waals surface area contributed by atoms with Crippen molar-refractivity contribution >= 4 is 21.6 Å². The van der Waals surface area contributed by atoms with Gasteiger partial charge in [0.05, 0.1) is 23.7 Å². The molecule has 4 rings (SSSR count). The summed E-state index contributed by atoms with van der Waals surface area (Å²) in [4.78, 5) is 13.2. The molecule has 0 fully saturated rings. The predicted molar refractivity (Wildman–Crippen MR) is 145 cm³/mol. The summed E-state index contributed by atoms with van der Waals surface area (Å²) in [6.45, 7) is 10.5. The highest BCUT2D eigenvalue weighted by Gasteiger charge is 2.37. The number of rotatable bonds is 7. The summed E-state index contributed by atoms with van der Waals surface area (Å²) in [5, 5.41) is 2.84. The molecule has 3 aromatic rings. The molecule has 1 N–H and O–H groups in total. The standard InChI is InChI=1S/C29H34N2O5S/c1-20-10-13-22(14-11-20)37(33,34)31-19-27(36-26-18-21(2)12-15-24(26)31)28(32)30-16-17-35-25-9-7-6-8-23(25)29(3,4)5/h6-15,18,27H,16-17,19H2,1-5H3,(H,30,32). The third-order valence-corrected chi connectivity index (χ3v) is 8.03. The fourth-order valence-corrected chi connectivity index (χ4v) is 5.70. The van der Waals surface area contributed by atoms with E-state index in [-0.39, 0.29) is 30.0 Å². The summed E-state index contributed by atoms with van der Waals surface area (Å²) in [6.07, 6.45) is -1.00. The van der Waals surface area contributed by atoms with Crippen molar-refractivity contribution in [1.82, 2.24) is 5.32 Å². The number of amides is 1. The van der Waals surface area contributed by atoms with Crippen LogP contribution in [0.25, 0.3) is 0 Å². The van der Waals surface area contributed by atoms with Gasteiger partial charge in [0.25, 0.3) is 15.9 Å². The maximum absolute atomic E-state index is 13.6. The maximum atomic E-state index is 13.6. The number of nitrogens with one attached hydrogen (secondary N) is 1. The molecule has 0 aromatic heterocycles. The fraction of sp³-hybridized carbons (Fsp3) is 0.345. The third kappa shape index (κ3) is 5.91. The lowest BCUT2D eigenvalue weighted by Crippen LogP contribution is -2.51. The molecule has 37 heavy (non-hydrogen) atoms. The highest BCUT2D eigenvalue weighted by Crippen LogP contribution is 2.38. The van der Waals surface area contributed by atoms with Crippen molar-refractivity contribution in [3.8, 4) is 11.5 Å². The molecule has 1 unspecified atom stereocenters. The van der Waals surface area contributed by atoms with E-state index in [2.05, 4.69) is 26.1 Å². The van der Waals surface area contributed by atoms with Gasteiger partial charge in [-0.05, 0) is 60.7 Å². The highest BCUT2D eigenvalue weighted by molar-refractivity contribution is 7.92. The van der Waals surface area contributed by atoms with Gasteiger partial charge in [-0.2, -0.15) is 0 Å². The van der Waals surface area contributed by atoms with Crippen LogP contribution in [0.1, 0.15) is 37.5 Å². The van der Waals surface area contributed by atoms with Crippen LogP contribution in [0, 0.1) is 13.8 Å². The van der Waals surface area contributed by atoms with Gasteiger partial charge < -0.3 is 14.8 Å². The van der Waals surface area contributed by atoms with E-state index in [1.165, 1.54) is 4.31 Å². The van der Waals surface area contributed by atoms with Gasteiger partial charge in [-0.3, -0.25) is 9.10 Å². The van der Waals surface area contributed by atoms with Crippen LogP contribution in [0.3, 0.4) is 0 Å². The van der Waals surface area contributed by atoms with Crippen molar-refractivity contribution in [2.24, 2.45) is 0 Å². The number of carbonyl (C=O) groups excluding carboxylic acids is 1. The lowest BCUT2D eigenvalue weighted by Gasteiger charge is -2.35. The van der Waals surface area contributed by atoms with Crippen molar-refractivity contribution in [2.75, 3.05) is 24.0 Å². The minimum Gasteiger partial charge on any atom is -0.491 e. The van der Waals surface area contributed by atoms with Gasteiger partial charge in [0.2, 0.25) is 0 Å². The Morgan fingerprint density at radius 3 is 2.41 bits per heavy atom. The van der Waals surface area contributed by atoms with E-state index in [4.69, 9.17) is 9.47 Å². The lowest BCUT2D eigenvalue weighted by atomic mass is 9.86. The van der Waals surface area contributed by atoms with Crippen LogP contribution in [-0.4, -0.2) is 40.1 Å². The van der Waals surface area contributed by atoms with Crippen LogP contribution >= 0.6 is 0 Å². The SMILES string of the molecule is Cc1ccc(S(=O)(=O)N2CC(C(=O)NCCOc3ccccc3C(C)(C)C)Oc3cc(C)ccc32)cc1. The molecule has 1 atom stereocenters. The molecule has 0 spiro atoms. The van der Waals surface area contributed by atoms with Crippen LogP contribution < -0.4 is 19.1 Å². The van der Waals surface area contributed by atoms with Gasteiger partial charge in [0.15, 0.2) is 6.10 Å². The molecule has 3 aromatic carbocycles. The molecule has 1 amide bonds. The van der Waals surface area contributed by atoms with E-state index in [0.29, 0.717) is 11.4 Å².